The SMILES string of the molecule is CC1=CC2=C(C=C(C)C2)C1. The summed E-state index contributed by atoms with van der Waals surface area (Å²) in [6.45, 7) is 4.42. The van der Waals surface area contributed by atoms with E-state index in [0.717, 1.165) is 0 Å². The fourth-order valence-electron chi connectivity index (χ4n) is 1.81. The molecule has 0 bridgehead atoms. The Hall–Kier alpha value is -0.780. The standard InChI is InChI=1S/C10H12/c1-7-3-9-5-8(2)6-10(9)4-7/h3,6H,4-5H2,1-2H3. The lowest BCUT2D eigenvalue weighted by Gasteiger charge is -1.92. The van der Waals surface area contributed by atoms with E-state index >= 15 is 0 Å². The van der Waals surface area contributed by atoms with E-state index in [2.05, 4.69) is 26.0 Å². The first kappa shape index (κ1) is 5.96. The van der Waals surface area contributed by atoms with Crippen molar-refractivity contribution in [1.29, 1.82) is 0 Å². The van der Waals surface area contributed by atoms with Crippen LogP contribution in [0.3, 0.4) is 0 Å². The molecule has 0 spiro atoms. The summed E-state index contributed by atoms with van der Waals surface area (Å²) in [5.41, 5.74) is 6.17. The van der Waals surface area contributed by atoms with Gasteiger partial charge >= 0.3 is 0 Å². The van der Waals surface area contributed by atoms with Crippen LogP contribution in [-0.4, -0.2) is 0 Å². The second kappa shape index (κ2) is 1.85. The molecule has 2 aliphatic carbocycles. The first-order valence-corrected chi connectivity index (χ1v) is 3.82. The van der Waals surface area contributed by atoms with E-state index in [-0.39, 0.29) is 0 Å². The summed E-state index contributed by atoms with van der Waals surface area (Å²) in [5, 5.41) is 0. The zero-order chi connectivity index (χ0) is 7.14. The summed E-state index contributed by atoms with van der Waals surface area (Å²) >= 11 is 0. The van der Waals surface area contributed by atoms with Crippen molar-refractivity contribution in [2.45, 2.75) is 26.7 Å². The monoisotopic (exact) mass is 132 g/mol. The maximum absolute atomic E-state index is 2.34. The number of hydrogen-bond donors (Lipinski definition) is 0. The normalized spacial score (nSPS) is 23.0. The van der Waals surface area contributed by atoms with E-state index in [1.807, 2.05) is 0 Å². The molecule has 0 radical (unpaired) electrons. The molecule has 0 amide bonds. The summed E-state index contributed by atoms with van der Waals surface area (Å²) < 4.78 is 0. The van der Waals surface area contributed by atoms with Crippen LogP contribution in [0, 0.1) is 0 Å². The zero-order valence-corrected chi connectivity index (χ0v) is 6.57. The second-order valence-corrected chi connectivity index (χ2v) is 3.39. The minimum absolute atomic E-state index is 1.20. The molecule has 0 saturated heterocycles. The Morgan fingerprint density at radius 2 is 1.30 bits per heavy atom. The van der Waals surface area contributed by atoms with E-state index in [1.165, 1.54) is 24.0 Å². The lowest BCUT2D eigenvalue weighted by atomic mass is 10.1. The van der Waals surface area contributed by atoms with Crippen LogP contribution in [0.15, 0.2) is 34.4 Å². The second-order valence-electron chi connectivity index (χ2n) is 3.39. The highest BCUT2D eigenvalue weighted by atomic mass is 14.2. The van der Waals surface area contributed by atoms with E-state index in [9.17, 15) is 0 Å². The van der Waals surface area contributed by atoms with Crippen LogP contribution in [-0.2, 0) is 0 Å². The van der Waals surface area contributed by atoms with Crippen molar-refractivity contribution in [3.63, 3.8) is 0 Å². The molecule has 52 valence electrons. The Bertz CT molecular complexity index is 234. The summed E-state index contributed by atoms with van der Waals surface area (Å²) in [5.74, 6) is 0. The smallest absolute Gasteiger partial charge is 0.00638 e. The summed E-state index contributed by atoms with van der Waals surface area (Å²) in [6, 6.07) is 0. The van der Waals surface area contributed by atoms with Crippen molar-refractivity contribution >= 4 is 0 Å². The van der Waals surface area contributed by atoms with Crippen LogP contribution in [0.5, 0.6) is 0 Å². The molecule has 0 aromatic rings. The number of hydrogen-bond acceptors (Lipinski definition) is 0. The molecule has 2 aliphatic rings. The van der Waals surface area contributed by atoms with Crippen LogP contribution >= 0.6 is 0 Å². The fourth-order valence-corrected chi connectivity index (χ4v) is 1.81. The molecule has 0 aliphatic heterocycles. The molecule has 0 heteroatoms. The average molecular weight is 132 g/mol. The van der Waals surface area contributed by atoms with Crippen molar-refractivity contribution in [2.75, 3.05) is 0 Å². The topological polar surface area (TPSA) is 0 Å². The Morgan fingerprint density at radius 3 is 1.70 bits per heavy atom. The van der Waals surface area contributed by atoms with Crippen LogP contribution in [0.2, 0.25) is 0 Å². The largest absolute Gasteiger partial charge is 0.0686 e. The maximum atomic E-state index is 2.34. The molecule has 0 N–H and O–H groups in total. The molecule has 0 fully saturated rings. The minimum Gasteiger partial charge on any atom is -0.0686 e. The molecular weight excluding hydrogens is 120 g/mol. The van der Waals surface area contributed by atoms with Gasteiger partial charge in [-0.25, -0.2) is 0 Å². The fraction of sp³-hybridized carbons (Fsp3) is 0.400. The van der Waals surface area contributed by atoms with Gasteiger partial charge in [0.2, 0.25) is 0 Å². The molecular formula is C10H12. The maximum Gasteiger partial charge on any atom is -0.00638 e. The third kappa shape index (κ3) is 0.756. The van der Waals surface area contributed by atoms with E-state index in [1.54, 1.807) is 11.1 Å². The molecule has 10 heavy (non-hydrogen) atoms. The third-order valence-electron chi connectivity index (χ3n) is 2.19. The summed E-state index contributed by atoms with van der Waals surface area (Å²) in [7, 11) is 0. The van der Waals surface area contributed by atoms with Gasteiger partial charge in [0.05, 0.1) is 0 Å². The third-order valence-corrected chi connectivity index (χ3v) is 2.19. The first-order chi connectivity index (χ1) is 4.75. The van der Waals surface area contributed by atoms with Crippen LogP contribution in [0.4, 0.5) is 0 Å². The number of rotatable bonds is 0. The van der Waals surface area contributed by atoms with Crippen molar-refractivity contribution in [2.24, 2.45) is 0 Å². The molecule has 2 rings (SSSR count). The van der Waals surface area contributed by atoms with Gasteiger partial charge in [-0.1, -0.05) is 23.3 Å². The van der Waals surface area contributed by atoms with Crippen molar-refractivity contribution in [1.82, 2.24) is 0 Å². The van der Waals surface area contributed by atoms with Gasteiger partial charge in [0.1, 0.15) is 0 Å². The van der Waals surface area contributed by atoms with Crippen molar-refractivity contribution in [3.8, 4) is 0 Å². The Labute approximate surface area is 61.9 Å². The van der Waals surface area contributed by atoms with Gasteiger partial charge in [-0.05, 0) is 37.8 Å². The highest BCUT2D eigenvalue weighted by Gasteiger charge is 2.16. The molecule has 0 aromatic carbocycles. The summed E-state index contributed by atoms with van der Waals surface area (Å²) in [6.07, 6.45) is 7.07. The van der Waals surface area contributed by atoms with Gasteiger partial charge in [-0.15, -0.1) is 0 Å². The Balaban J connectivity index is 2.28. The molecule has 0 heterocycles. The van der Waals surface area contributed by atoms with Crippen molar-refractivity contribution in [3.05, 3.63) is 34.4 Å². The zero-order valence-electron chi connectivity index (χ0n) is 6.57. The van der Waals surface area contributed by atoms with Crippen LogP contribution < -0.4 is 0 Å². The van der Waals surface area contributed by atoms with Gasteiger partial charge < -0.3 is 0 Å². The average Bonchev–Trinajstić information content (AvgIpc) is 2.21. The minimum atomic E-state index is 1.20. The van der Waals surface area contributed by atoms with Gasteiger partial charge in [0.25, 0.3) is 0 Å². The quantitative estimate of drug-likeness (QED) is 0.475. The molecule has 0 nitrogen and oxygen atoms in total. The van der Waals surface area contributed by atoms with Crippen LogP contribution in [0.1, 0.15) is 26.7 Å². The number of allylic oxidation sites excluding steroid dienone is 6. The van der Waals surface area contributed by atoms with Gasteiger partial charge in [-0.2, -0.15) is 0 Å². The highest BCUT2D eigenvalue weighted by Crippen LogP contribution is 2.35. The van der Waals surface area contributed by atoms with Gasteiger partial charge in [-0.3, -0.25) is 0 Å². The molecule has 0 atom stereocenters. The van der Waals surface area contributed by atoms with Crippen LogP contribution in [0.25, 0.3) is 0 Å². The molecule has 0 saturated carbocycles. The Kier molecular flexibility index (Phi) is 1.10. The lowest BCUT2D eigenvalue weighted by molar-refractivity contribution is 1.18. The Morgan fingerprint density at radius 1 is 0.900 bits per heavy atom. The van der Waals surface area contributed by atoms with E-state index in [4.69, 9.17) is 0 Å². The first-order valence-electron chi connectivity index (χ1n) is 3.82. The molecule has 0 aromatic heterocycles. The van der Waals surface area contributed by atoms with Gasteiger partial charge in [0, 0.05) is 0 Å². The lowest BCUT2D eigenvalue weighted by Crippen LogP contribution is -1.72. The predicted octanol–water partition coefficient (Wildman–Crippen LogP) is 2.98. The molecule has 0 unspecified atom stereocenters. The van der Waals surface area contributed by atoms with Crippen molar-refractivity contribution < 1.29 is 0 Å². The highest BCUT2D eigenvalue weighted by molar-refractivity contribution is 5.51. The predicted molar refractivity (Wildman–Crippen MR) is 43.8 cm³/mol. The van der Waals surface area contributed by atoms with Gasteiger partial charge in [0.15, 0.2) is 0 Å². The van der Waals surface area contributed by atoms with E-state index < -0.39 is 0 Å². The van der Waals surface area contributed by atoms with E-state index in [0.29, 0.717) is 0 Å². The summed E-state index contributed by atoms with van der Waals surface area (Å²) in [4.78, 5) is 0.